The van der Waals surface area contributed by atoms with Crippen LogP contribution in [0.5, 0.6) is 0 Å². The quantitative estimate of drug-likeness (QED) is 0.765. The standard InChI is InChI=1S/C12H21NO2S/c1-9-6-13(7-10(2)15-9)11(14)5-12(8-16)3-4-12/h9-10,16H,3-8H2,1-2H3. The lowest BCUT2D eigenvalue weighted by atomic mass is 10.0. The number of morpholine rings is 1. The van der Waals surface area contributed by atoms with E-state index in [2.05, 4.69) is 12.6 Å². The summed E-state index contributed by atoms with van der Waals surface area (Å²) in [5.41, 5.74) is 0.227. The van der Waals surface area contributed by atoms with Crippen LogP contribution in [-0.4, -0.2) is 41.9 Å². The minimum Gasteiger partial charge on any atom is -0.372 e. The third kappa shape index (κ3) is 2.72. The van der Waals surface area contributed by atoms with Crippen LogP contribution in [0.3, 0.4) is 0 Å². The van der Waals surface area contributed by atoms with E-state index in [-0.39, 0.29) is 23.5 Å². The lowest BCUT2D eigenvalue weighted by molar-refractivity contribution is -0.144. The molecule has 2 unspecified atom stereocenters. The maximum absolute atomic E-state index is 12.1. The van der Waals surface area contributed by atoms with Gasteiger partial charge in [-0.05, 0) is 37.9 Å². The second-order valence-electron chi connectivity index (χ2n) is 5.39. The molecule has 3 nitrogen and oxygen atoms in total. The molecule has 0 bridgehead atoms. The van der Waals surface area contributed by atoms with Crippen molar-refractivity contribution in [1.82, 2.24) is 4.90 Å². The molecule has 0 spiro atoms. The van der Waals surface area contributed by atoms with Gasteiger partial charge < -0.3 is 9.64 Å². The molecule has 0 aromatic carbocycles. The Balaban J connectivity index is 1.89. The number of ether oxygens (including phenoxy) is 1. The molecule has 16 heavy (non-hydrogen) atoms. The number of thiol groups is 1. The molecule has 0 aromatic rings. The molecule has 2 atom stereocenters. The van der Waals surface area contributed by atoms with Gasteiger partial charge in [-0.25, -0.2) is 0 Å². The van der Waals surface area contributed by atoms with E-state index in [9.17, 15) is 4.79 Å². The van der Waals surface area contributed by atoms with Crippen LogP contribution in [0.25, 0.3) is 0 Å². The number of nitrogens with zero attached hydrogens (tertiary/aromatic N) is 1. The predicted molar refractivity (Wildman–Crippen MR) is 66.7 cm³/mol. The minimum atomic E-state index is 0.166. The summed E-state index contributed by atoms with van der Waals surface area (Å²) in [6, 6.07) is 0. The van der Waals surface area contributed by atoms with Crippen molar-refractivity contribution in [2.75, 3.05) is 18.8 Å². The molecule has 1 amide bonds. The van der Waals surface area contributed by atoms with Crippen LogP contribution < -0.4 is 0 Å². The van der Waals surface area contributed by atoms with Gasteiger partial charge in [-0.1, -0.05) is 0 Å². The summed E-state index contributed by atoms with van der Waals surface area (Å²) in [6.45, 7) is 5.54. The third-order valence-corrected chi connectivity index (χ3v) is 4.26. The average Bonchev–Trinajstić information content (AvgIpc) is 2.97. The molecule has 92 valence electrons. The molecule has 0 radical (unpaired) electrons. The average molecular weight is 243 g/mol. The van der Waals surface area contributed by atoms with Crippen molar-refractivity contribution in [2.45, 2.75) is 45.3 Å². The number of carbonyl (C=O) groups is 1. The molecule has 2 aliphatic rings. The molecule has 0 N–H and O–H groups in total. The highest BCUT2D eigenvalue weighted by Crippen LogP contribution is 2.49. The van der Waals surface area contributed by atoms with Gasteiger partial charge in [-0.15, -0.1) is 0 Å². The van der Waals surface area contributed by atoms with E-state index < -0.39 is 0 Å². The van der Waals surface area contributed by atoms with Crippen LogP contribution in [0.4, 0.5) is 0 Å². The van der Waals surface area contributed by atoms with Gasteiger partial charge >= 0.3 is 0 Å². The number of hydrogen-bond donors (Lipinski definition) is 1. The zero-order valence-corrected chi connectivity index (χ0v) is 11.0. The van der Waals surface area contributed by atoms with E-state index in [1.165, 1.54) is 0 Å². The second-order valence-corrected chi connectivity index (χ2v) is 5.71. The van der Waals surface area contributed by atoms with E-state index in [0.29, 0.717) is 6.42 Å². The monoisotopic (exact) mass is 243 g/mol. The molecule has 1 saturated heterocycles. The van der Waals surface area contributed by atoms with Crippen molar-refractivity contribution < 1.29 is 9.53 Å². The van der Waals surface area contributed by atoms with Crippen LogP contribution >= 0.6 is 12.6 Å². The zero-order chi connectivity index (χ0) is 11.8. The van der Waals surface area contributed by atoms with Gasteiger partial charge in [0.15, 0.2) is 0 Å². The summed E-state index contributed by atoms with van der Waals surface area (Å²) in [5, 5.41) is 0. The van der Waals surface area contributed by atoms with Gasteiger partial charge in [0.05, 0.1) is 12.2 Å². The van der Waals surface area contributed by atoms with E-state index in [0.717, 1.165) is 31.7 Å². The van der Waals surface area contributed by atoms with E-state index in [1.54, 1.807) is 0 Å². The first-order valence-electron chi connectivity index (χ1n) is 6.09. The summed E-state index contributed by atoms with van der Waals surface area (Å²) in [5.74, 6) is 1.13. The largest absolute Gasteiger partial charge is 0.372 e. The van der Waals surface area contributed by atoms with Crippen LogP contribution in [0.1, 0.15) is 33.1 Å². The smallest absolute Gasteiger partial charge is 0.223 e. The number of carbonyl (C=O) groups excluding carboxylic acids is 1. The Morgan fingerprint density at radius 2 is 1.94 bits per heavy atom. The molecule has 1 saturated carbocycles. The lowest BCUT2D eigenvalue weighted by Crippen LogP contribution is -2.48. The Hall–Kier alpha value is -0.220. The predicted octanol–water partition coefficient (Wildman–Crippen LogP) is 1.72. The Kier molecular flexibility index (Phi) is 3.50. The van der Waals surface area contributed by atoms with Crippen molar-refractivity contribution in [3.8, 4) is 0 Å². The highest BCUT2D eigenvalue weighted by Gasteiger charge is 2.44. The van der Waals surface area contributed by atoms with Crippen LogP contribution in [0, 0.1) is 5.41 Å². The van der Waals surface area contributed by atoms with Gasteiger partial charge in [0.1, 0.15) is 0 Å². The van der Waals surface area contributed by atoms with E-state index in [4.69, 9.17) is 4.74 Å². The molecule has 1 aliphatic heterocycles. The fourth-order valence-corrected chi connectivity index (χ4v) is 2.81. The molecule has 2 fully saturated rings. The highest BCUT2D eigenvalue weighted by atomic mass is 32.1. The van der Waals surface area contributed by atoms with Gasteiger partial charge in [-0.3, -0.25) is 4.79 Å². The molecule has 1 aliphatic carbocycles. The highest BCUT2D eigenvalue weighted by molar-refractivity contribution is 7.80. The first-order chi connectivity index (χ1) is 7.54. The Morgan fingerprint density at radius 1 is 1.38 bits per heavy atom. The normalized spacial score (nSPS) is 32.6. The maximum atomic E-state index is 12.1. The molecular formula is C12H21NO2S. The fourth-order valence-electron chi connectivity index (χ4n) is 2.38. The summed E-state index contributed by atoms with van der Waals surface area (Å²) < 4.78 is 5.63. The van der Waals surface area contributed by atoms with Crippen molar-refractivity contribution >= 4 is 18.5 Å². The van der Waals surface area contributed by atoms with Gasteiger partial charge in [0.2, 0.25) is 5.91 Å². The Bertz CT molecular complexity index is 268. The van der Waals surface area contributed by atoms with Crippen molar-refractivity contribution in [3.05, 3.63) is 0 Å². The first-order valence-corrected chi connectivity index (χ1v) is 6.72. The number of amides is 1. The summed E-state index contributed by atoms with van der Waals surface area (Å²) in [6.07, 6.45) is 3.34. The number of rotatable bonds is 3. The topological polar surface area (TPSA) is 29.5 Å². The minimum absolute atomic E-state index is 0.166. The van der Waals surface area contributed by atoms with Crippen LogP contribution in [0.2, 0.25) is 0 Å². The van der Waals surface area contributed by atoms with Crippen LogP contribution in [-0.2, 0) is 9.53 Å². The van der Waals surface area contributed by atoms with Gasteiger partial charge in [0, 0.05) is 19.5 Å². The van der Waals surface area contributed by atoms with Crippen molar-refractivity contribution in [2.24, 2.45) is 5.41 Å². The van der Waals surface area contributed by atoms with E-state index in [1.807, 2.05) is 18.7 Å². The summed E-state index contributed by atoms with van der Waals surface area (Å²) in [7, 11) is 0. The van der Waals surface area contributed by atoms with Crippen molar-refractivity contribution in [3.63, 3.8) is 0 Å². The third-order valence-electron chi connectivity index (χ3n) is 3.59. The fraction of sp³-hybridized carbons (Fsp3) is 0.917. The van der Waals surface area contributed by atoms with E-state index >= 15 is 0 Å². The molecule has 1 heterocycles. The molecule has 4 heteroatoms. The molecule has 2 rings (SSSR count). The SMILES string of the molecule is CC1CN(C(=O)CC2(CS)CC2)CC(C)O1. The number of hydrogen-bond acceptors (Lipinski definition) is 3. The summed E-state index contributed by atoms with van der Waals surface area (Å²) in [4.78, 5) is 14.1. The summed E-state index contributed by atoms with van der Waals surface area (Å²) >= 11 is 4.34. The lowest BCUT2D eigenvalue weighted by Gasteiger charge is -2.36. The zero-order valence-electron chi connectivity index (χ0n) is 10.1. The van der Waals surface area contributed by atoms with Gasteiger partial charge in [0.25, 0.3) is 0 Å². The second kappa shape index (κ2) is 4.57. The maximum Gasteiger partial charge on any atom is 0.223 e. The first kappa shape index (κ1) is 12.2. The molecule has 0 aromatic heterocycles. The Labute approximate surface area is 103 Å². The van der Waals surface area contributed by atoms with Crippen LogP contribution in [0.15, 0.2) is 0 Å². The van der Waals surface area contributed by atoms with Crippen molar-refractivity contribution in [1.29, 1.82) is 0 Å². The Morgan fingerprint density at radius 3 is 2.38 bits per heavy atom. The van der Waals surface area contributed by atoms with Gasteiger partial charge in [-0.2, -0.15) is 12.6 Å². The molecular weight excluding hydrogens is 222 g/mol.